The zero-order valence-corrected chi connectivity index (χ0v) is 5.70. The molecule has 1 aromatic rings. The largest absolute Gasteiger partial charge is 0.381 e. The molecule has 0 atom stereocenters. The zero-order valence-electron chi connectivity index (χ0n) is 5.70. The van der Waals surface area contributed by atoms with Crippen molar-refractivity contribution in [3.05, 3.63) is 33.9 Å². The Balaban J connectivity index is 2.46. The van der Waals surface area contributed by atoms with Crippen LogP contribution in [-0.4, -0.2) is 4.92 Å². The van der Waals surface area contributed by atoms with Gasteiger partial charge in [0.1, 0.15) is 0 Å². The van der Waals surface area contributed by atoms with Crippen molar-refractivity contribution in [3.63, 3.8) is 0 Å². The number of anilines is 1. The molecule has 0 spiro atoms. The number of nitrogens with one attached hydrogen (secondary N) is 1. The molecule has 0 bridgehead atoms. The van der Waals surface area contributed by atoms with Gasteiger partial charge in [0.2, 0.25) is 0 Å². The number of hydrogen-bond donors (Lipinski definition) is 1. The number of benzene rings is 1. The Morgan fingerprint density at radius 2 is 2.36 bits per heavy atom. The van der Waals surface area contributed by atoms with E-state index in [1.807, 2.05) is 0 Å². The van der Waals surface area contributed by atoms with E-state index in [1.165, 1.54) is 6.07 Å². The second-order valence-corrected chi connectivity index (χ2v) is 2.45. The van der Waals surface area contributed by atoms with E-state index in [0.717, 1.165) is 17.8 Å². The number of non-ortho nitro benzene ring substituents is 1. The standard InChI is InChI=1S/C7H6N2O2/c10-9(11)6-1-2-7-5(3-6)4-8-7/h1-3,8H,4H2. The van der Waals surface area contributed by atoms with Crippen molar-refractivity contribution < 1.29 is 4.92 Å². The highest BCUT2D eigenvalue weighted by molar-refractivity contribution is 5.62. The Labute approximate surface area is 63.0 Å². The molecule has 1 aliphatic rings. The van der Waals surface area contributed by atoms with Crippen molar-refractivity contribution in [2.24, 2.45) is 0 Å². The molecular weight excluding hydrogens is 144 g/mol. The number of nitro groups is 1. The Morgan fingerprint density at radius 3 is 2.82 bits per heavy atom. The molecule has 1 heterocycles. The van der Waals surface area contributed by atoms with Crippen LogP contribution in [0.25, 0.3) is 0 Å². The van der Waals surface area contributed by atoms with E-state index in [1.54, 1.807) is 12.1 Å². The third-order valence-corrected chi connectivity index (χ3v) is 1.77. The first-order valence-corrected chi connectivity index (χ1v) is 3.28. The molecule has 4 nitrogen and oxygen atoms in total. The van der Waals surface area contributed by atoms with Crippen LogP contribution in [-0.2, 0) is 6.54 Å². The lowest BCUT2D eigenvalue weighted by molar-refractivity contribution is -0.384. The lowest BCUT2D eigenvalue weighted by Gasteiger charge is -2.19. The van der Waals surface area contributed by atoms with E-state index in [4.69, 9.17) is 0 Å². The van der Waals surface area contributed by atoms with Crippen LogP contribution in [0.15, 0.2) is 18.2 Å². The summed E-state index contributed by atoms with van der Waals surface area (Å²) in [7, 11) is 0. The first-order valence-electron chi connectivity index (χ1n) is 3.28. The molecule has 0 aromatic heterocycles. The molecule has 0 saturated heterocycles. The maximum absolute atomic E-state index is 10.3. The Kier molecular flexibility index (Phi) is 1.09. The van der Waals surface area contributed by atoms with E-state index >= 15 is 0 Å². The molecule has 2 rings (SSSR count). The number of nitro benzene ring substituents is 1. The second-order valence-electron chi connectivity index (χ2n) is 2.45. The summed E-state index contributed by atoms with van der Waals surface area (Å²) in [4.78, 5) is 9.90. The quantitative estimate of drug-likeness (QED) is 0.487. The van der Waals surface area contributed by atoms with Crippen LogP contribution in [0, 0.1) is 10.1 Å². The van der Waals surface area contributed by atoms with Gasteiger partial charge in [-0.1, -0.05) is 0 Å². The lowest BCUT2D eigenvalue weighted by Crippen LogP contribution is -2.13. The molecule has 56 valence electrons. The summed E-state index contributed by atoms with van der Waals surface area (Å²) >= 11 is 0. The molecule has 11 heavy (non-hydrogen) atoms. The number of nitrogens with zero attached hydrogens (tertiary/aromatic N) is 1. The first-order chi connectivity index (χ1) is 5.27. The molecule has 0 fully saturated rings. The fourth-order valence-electron chi connectivity index (χ4n) is 1.10. The van der Waals surface area contributed by atoms with Crippen LogP contribution >= 0.6 is 0 Å². The van der Waals surface area contributed by atoms with Crippen LogP contribution in [0.5, 0.6) is 0 Å². The predicted molar refractivity (Wildman–Crippen MR) is 40.4 cm³/mol. The van der Waals surface area contributed by atoms with Crippen molar-refractivity contribution in [1.29, 1.82) is 0 Å². The molecule has 0 unspecified atom stereocenters. The smallest absolute Gasteiger partial charge is 0.269 e. The fourth-order valence-corrected chi connectivity index (χ4v) is 1.10. The fraction of sp³-hybridized carbons (Fsp3) is 0.143. The van der Waals surface area contributed by atoms with E-state index in [0.29, 0.717) is 0 Å². The van der Waals surface area contributed by atoms with Gasteiger partial charge in [0.05, 0.1) is 4.92 Å². The van der Waals surface area contributed by atoms with Crippen LogP contribution in [0.3, 0.4) is 0 Å². The van der Waals surface area contributed by atoms with Crippen molar-refractivity contribution in [2.75, 3.05) is 5.32 Å². The van der Waals surface area contributed by atoms with Crippen LogP contribution < -0.4 is 5.32 Å². The third kappa shape index (κ3) is 0.832. The van der Waals surface area contributed by atoms with Gasteiger partial charge in [0.15, 0.2) is 0 Å². The third-order valence-electron chi connectivity index (χ3n) is 1.77. The van der Waals surface area contributed by atoms with Gasteiger partial charge in [0.25, 0.3) is 5.69 Å². The van der Waals surface area contributed by atoms with E-state index in [2.05, 4.69) is 5.32 Å². The van der Waals surface area contributed by atoms with Crippen molar-refractivity contribution in [1.82, 2.24) is 0 Å². The Bertz CT molecular complexity index is 322. The summed E-state index contributed by atoms with van der Waals surface area (Å²) in [6, 6.07) is 4.84. The maximum atomic E-state index is 10.3. The van der Waals surface area contributed by atoms with Gasteiger partial charge < -0.3 is 5.32 Å². The number of fused-ring (bicyclic) bond motifs is 1. The molecule has 1 aliphatic heterocycles. The van der Waals surface area contributed by atoms with Crippen LogP contribution in [0.4, 0.5) is 11.4 Å². The molecule has 0 aliphatic carbocycles. The van der Waals surface area contributed by atoms with Gasteiger partial charge in [0, 0.05) is 29.9 Å². The molecule has 0 radical (unpaired) electrons. The van der Waals surface area contributed by atoms with E-state index in [9.17, 15) is 10.1 Å². The number of rotatable bonds is 1. The molecular formula is C7H6N2O2. The minimum Gasteiger partial charge on any atom is -0.381 e. The summed E-state index contributed by atoms with van der Waals surface area (Å²) in [6.07, 6.45) is 0. The van der Waals surface area contributed by atoms with E-state index in [-0.39, 0.29) is 10.6 Å². The molecule has 0 saturated carbocycles. The van der Waals surface area contributed by atoms with Gasteiger partial charge in [-0.25, -0.2) is 0 Å². The van der Waals surface area contributed by atoms with Crippen molar-refractivity contribution >= 4 is 11.4 Å². The first kappa shape index (κ1) is 6.15. The average Bonchev–Trinajstić information content (AvgIpc) is 1.91. The molecule has 4 heteroatoms. The van der Waals surface area contributed by atoms with Crippen LogP contribution in [0.1, 0.15) is 5.56 Å². The van der Waals surface area contributed by atoms with Crippen molar-refractivity contribution in [3.8, 4) is 0 Å². The summed E-state index contributed by atoms with van der Waals surface area (Å²) in [5.41, 5.74) is 2.21. The summed E-state index contributed by atoms with van der Waals surface area (Å²) in [5.74, 6) is 0. The molecule has 1 aromatic carbocycles. The van der Waals surface area contributed by atoms with Gasteiger partial charge in [-0.2, -0.15) is 0 Å². The topological polar surface area (TPSA) is 55.2 Å². The highest BCUT2D eigenvalue weighted by atomic mass is 16.6. The minimum atomic E-state index is -0.376. The number of hydrogen-bond acceptors (Lipinski definition) is 3. The molecule has 1 N–H and O–H groups in total. The highest BCUT2D eigenvalue weighted by Gasteiger charge is 2.15. The summed E-state index contributed by atoms with van der Waals surface area (Å²) < 4.78 is 0. The van der Waals surface area contributed by atoms with Crippen molar-refractivity contribution in [2.45, 2.75) is 6.54 Å². The van der Waals surface area contributed by atoms with Gasteiger partial charge in [-0.15, -0.1) is 0 Å². The Hall–Kier alpha value is -1.58. The van der Waals surface area contributed by atoms with Gasteiger partial charge in [-0.05, 0) is 6.07 Å². The van der Waals surface area contributed by atoms with Gasteiger partial charge in [-0.3, -0.25) is 10.1 Å². The zero-order chi connectivity index (χ0) is 7.84. The summed E-state index contributed by atoms with van der Waals surface area (Å²) in [6.45, 7) is 0.747. The van der Waals surface area contributed by atoms with Crippen LogP contribution in [0.2, 0.25) is 0 Å². The lowest BCUT2D eigenvalue weighted by atomic mass is 10.1. The summed E-state index contributed by atoms with van der Waals surface area (Å²) in [5, 5.41) is 13.3. The van der Waals surface area contributed by atoms with Gasteiger partial charge >= 0.3 is 0 Å². The second kappa shape index (κ2) is 1.95. The monoisotopic (exact) mass is 150 g/mol. The SMILES string of the molecule is O=[N+]([O-])c1ccc2c(c1)CN2. The Morgan fingerprint density at radius 1 is 1.55 bits per heavy atom. The predicted octanol–water partition coefficient (Wildman–Crippen LogP) is 1.52. The average molecular weight is 150 g/mol. The maximum Gasteiger partial charge on any atom is 0.269 e. The van der Waals surface area contributed by atoms with E-state index < -0.39 is 0 Å². The minimum absolute atomic E-state index is 0.172. The normalized spacial score (nSPS) is 12.7. The molecule has 0 amide bonds. The highest BCUT2D eigenvalue weighted by Crippen LogP contribution is 2.28.